The molecule has 0 atom stereocenters. The van der Waals surface area contributed by atoms with E-state index in [2.05, 4.69) is 15.1 Å². The molecule has 27 heavy (non-hydrogen) atoms. The van der Waals surface area contributed by atoms with Crippen molar-refractivity contribution in [2.45, 2.75) is 11.0 Å². The maximum Gasteiger partial charge on any atom is 0.256 e. The summed E-state index contributed by atoms with van der Waals surface area (Å²) in [6.07, 6.45) is 1.71. The Morgan fingerprint density at radius 1 is 0.963 bits per heavy atom. The van der Waals surface area contributed by atoms with Crippen LogP contribution >= 0.6 is 11.8 Å². The highest BCUT2D eigenvalue weighted by molar-refractivity contribution is 7.98. The number of ether oxygens (including phenoxy) is 2. The Balaban J connectivity index is 1.27. The van der Waals surface area contributed by atoms with Gasteiger partial charge in [-0.3, -0.25) is 0 Å². The molecule has 3 heterocycles. The molecular weight excluding hydrogens is 366 g/mol. The predicted octanol–water partition coefficient (Wildman–Crippen LogP) is 4.41. The number of oxazole rings is 1. The Hall–Kier alpha value is -3.26. The summed E-state index contributed by atoms with van der Waals surface area (Å²) in [5.74, 6) is 3.59. The summed E-state index contributed by atoms with van der Waals surface area (Å²) in [5, 5.41) is 4.58. The van der Waals surface area contributed by atoms with Crippen molar-refractivity contribution in [2.75, 3.05) is 6.79 Å². The van der Waals surface area contributed by atoms with Crippen molar-refractivity contribution in [2.24, 2.45) is 0 Å². The monoisotopic (exact) mass is 379 g/mol. The fraction of sp³-hybridized carbons (Fsp3) is 0.105. The van der Waals surface area contributed by atoms with Gasteiger partial charge in [0.25, 0.3) is 5.22 Å². The molecule has 8 heteroatoms. The lowest BCUT2D eigenvalue weighted by molar-refractivity contribution is 0.174. The maximum atomic E-state index is 5.76. The largest absolute Gasteiger partial charge is 0.454 e. The van der Waals surface area contributed by atoms with Gasteiger partial charge in [0.05, 0.1) is 11.9 Å². The first-order chi connectivity index (χ1) is 13.3. The SMILES string of the molecule is c1ccc(-c2cnc(SCc3nc(-c4ccc5c(c4)OCO5)no3)o2)cc1. The average Bonchev–Trinajstić information content (AvgIpc) is 3.46. The third kappa shape index (κ3) is 3.26. The molecule has 0 spiro atoms. The van der Waals surface area contributed by atoms with Crippen LogP contribution in [0.1, 0.15) is 5.89 Å². The zero-order valence-electron chi connectivity index (χ0n) is 14.0. The van der Waals surface area contributed by atoms with Gasteiger partial charge in [-0.25, -0.2) is 4.98 Å². The van der Waals surface area contributed by atoms with Gasteiger partial charge >= 0.3 is 0 Å². The Bertz CT molecular complexity index is 1080. The van der Waals surface area contributed by atoms with Crippen LogP contribution in [-0.4, -0.2) is 21.9 Å². The Kier molecular flexibility index (Phi) is 4.02. The van der Waals surface area contributed by atoms with Crippen LogP contribution in [0.25, 0.3) is 22.7 Å². The zero-order chi connectivity index (χ0) is 18.1. The molecule has 134 valence electrons. The van der Waals surface area contributed by atoms with Crippen molar-refractivity contribution in [1.29, 1.82) is 0 Å². The molecule has 0 fully saturated rings. The van der Waals surface area contributed by atoms with Crippen molar-refractivity contribution < 1.29 is 18.4 Å². The lowest BCUT2D eigenvalue weighted by Gasteiger charge is -1.97. The molecule has 0 aliphatic carbocycles. The molecule has 0 radical (unpaired) electrons. The molecule has 0 saturated carbocycles. The quantitative estimate of drug-likeness (QED) is 0.472. The van der Waals surface area contributed by atoms with Crippen LogP contribution in [0.2, 0.25) is 0 Å². The van der Waals surface area contributed by atoms with E-state index in [0.717, 1.165) is 22.6 Å². The third-order valence-corrected chi connectivity index (χ3v) is 4.79. The van der Waals surface area contributed by atoms with Crippen molar-refractivity contribution in [3.8, 4) is 34.2 Å². The number of benzene rings is 2. The van der Waals surface area contributed by atoms with E-state index in [1.807, 2.05) is 48.5 Å². The van der Waals surface area contributed by atoms with Crippen molar-refractivity contribution in [3.63, 3.8) is 0 Å². The number of rotatable bonds is 5. The van der Waals surface area contributed by atoms with E-state index in [0.29, 0.717) is 28.4 Å². The number of fused-ring (bicyclic) bond motifs is 1. The minimum Gasteiger partial charge on any atom is -0.454 e. The molecule has 5 rings (SSSR count). The first kappa shape index (κ1) is 16.0. The van der Waals surface area contributed by atoms with E-state index in [1.165, 1.54) is 11.8 Å². The second-order valence-electron chi connectivity index (χ2n) is 5.72. The van der Waals surface area contributed by atoms with Crippen LogP contribution in [0.4, 0.5) is 0 Å². The van der Waals surface area contributed by atoms with Crippen LogP contribution in [0, 0.1) is 0 Å². The van der Waals surface area contributed by atoms with Gasteiger partial charge in [0, 0.05) is 11.1 Å². The molecule has 2 aromatic carbocycles. The fourth-order valence-corrected chi connectivity index (χ4v) is 3.29. The van der Waals surface area contributed by atoms with E-state index in [1.54, 1.807) is 6.20 Å². The molecule has 4 aromatic rings. The Labute approximate surface area is 158 Å². The number of nitrogens with zero attached hydrogens (tertiary/aromatic N) is 3. The molecule has 0 bridgehead atoms. The molecule has 7 nitrogen and oxygen atoms in total. The lowest BCUT2D eigenvalue weighted by Crippen LogP contribution is -1.92. The number of thioether (sulfide) groups is 1. The Morgan fingerprint density at radius 3 is 2.78 bits per heavy atom. The van der Waals surface area contributed by atoms with E-state index >= 15 is 0 Å². The zero-order valence-corrected chi connectivity index (χ0v) is 14.8. The third-order valence-electron chi connectivity index (χ3n) is 3.96. The Morgan fingerprint density at radius 2 is 1.85 bits per heavy atom. The predicted molar refractivity (Wildman–Crippen MR) is 97.4 cm³/mol. The normalized spacial score (nSPS) is 12.4. The highest BCUT2D eigenvalue weighted by Crippen LogP contribution is 2.35. The van der Waals surface area contributed by atoms with Crippen molar-refractivity contribution >= 4 is 11.8 Å². The maximum absolute atomic E-state index is 5.76. The van der Waals surface area contributed by atoms with Crippen LogP contribution in [0.3, 0.4) is 0 Å². The summed E-state index contributed by atoms with van der Waals surface area (Å²) in [7, 11) is 0. The fourth-order valence-electron chi connectivity index (χ4n) is 2.65. The summed E-state index contributed by atoms with van der Waals surface area (Å²) in [6, 6.07) is 15.4. The topological polar surface area (TPSA) is 83.4 Å². The highest BCUT2D eigenvalue weighted by Gasteiger charge is 2.17. The summed E-state index contributed by atoms with van der Waals surface area (Å²) in [6.45, 7) is 0.230. The van der Waals surface area contributed by atoms with Crippen molar-refractivity contribution in [1.82, 2.24) is 15.1 Å². The van der Waals surface area contributed by atoms with Crippen LogP contribution in [0.15, 0.2) is 68.9 Å². The first-order valence-electron chi connectivity index (χ1n) is 8.22. The second kappa shape index (κ2) is 6.81. The summed E-state index contributed by atoms with van der Waals surface area (Å²) < 4.78 is 21.8. The smallest absolute Gasteiger partial charge is 0.256 e. The average molecular weight is 379 g/mol. The van der Waals surface area contributed by atoms with Gasteiger partial charge in [-0.2, -0.15) is 4.98 Å². The second-order valence-corrected chi connectivity index (χ2v) is 6.65. The van der Waals surface area contributed by atoms with Gasteiger partial charge in [0.2, 0.25) is 18.5 Å². The molecule has 0 N–H and O–H groups in total. The minimum absolute atomic E-state index is 0.230. The van der Waals surface area contributed by atoms with Crippen LogP contribution in [-0.2, 0) is 5.75 Å². The first-order valence-corrected chi connectivity index (χ1v) is 9.20. The number of hydrogen-bond donors (Lipinski definition) is 0. The molecule has 1 aliphatic heterocycles. The van der Waals surface area contributed by atoms with Gasteiger partial charge in [-0.15, -0.1) is 0 Å². The minimum atomic E-state index is 0.230. The van der Waals surface area contributed by atoms with E-state index in [-0.39, 0.29) is 6.79 Å². The van der Waals surface area contributed by atoms with E-state index in [9.17, 15) is 0 Å². The highest BCUT2D eigenvalue weighted by atomic mass is 32.2. The lowest BCUT2D eigenvalue weighted by atomic mass is 10.2. The summed E-state index contributed by atoms with van der Waals surface area (Å²) in [4.78, 5) is 8.71. The van der Waals surface area contributed by atoms with Gasteiger partial charge in [-0.1, -0.05) is 47.3 Å². The molecular formula is C19H13N3O4S. The molecule has 1 aliphatic rings. The van der Waals surface area contributed by atoms with E-state index in [4.69, 9.17) is 18.4 Å². The van der Waals surface area contributed by atoms with Crippen LogP contribution in [0.5, 0.6) is 11.5 Å². The van der Waals surface area contributed by atoms with Gasteiger partial charge in [0.15, 0.2) is 17.3 Å². The van der Waals surface area contributed by atoms with Gasteiger partial charge < -0.3 is 18.4 Å². The van der Waals surface area contributed by atoms with E-state index < -0.39 is 0 Å². The molecule has 0 unspecified atom stereocenters. The summed E-state index contributed by atoms with van der Waals surface area (Å²) >= 11 is 1.40. The number of aromatic nitrogens is 3. The molecule has 0 amide bonds. The van der Waals surface area contributed by atoms with Gasteiger partial charge in [-0.05, 0) is 18.2 Å². The van der Waals surface area contributed by atoms with Gasteiger partial charge in [0.1, 0.15) is 0 Å². The standard InChI is InChI=1S/C19H13N3O4S/c1-2-4-12(5-3-1)16-9-20-19(25-16)27-10-17-21-18(22-26-17)13-6-7-14-15(8-13)24-11-23-14/h1-9H,10-11H2. The summed E-state index contributed by atoms with van der Waals surface area (Å²) in [5.41, 5.74) is 1.79. The van der Waals surface area contributed by atoms with Crippen molar-refractivity contribution in [3.05, 3.63) is 60.6 Å². The number of hydrogen-bond acceptors (Lipinski definition) is 8. The molecule has 0 saturated heterocycles. The molecule has 2 aromatic heterocycles. The van der Waals surface area contributed by atoms with Crippen LogP contribution < -0.4 is 9.47 Å².